The second kappa shape index (κ2) is 17.5. The molecule has 7 heteroatoms. The fourth-order valence-corrected chi connectivity index (χ4v) is 1.72. The summed E-state index contributed by atoms with van der Waals surface area (Å²) in [5, 5.41) is 23.8. The van der Waals surface area contributed by atoms with Crippen molar-refractivity contribution in [3.05, 3.63) is 30.3 Å². The highest BCUT2D eigenvalue weighted by Gasteiger charge is 2.29. The Balaban J connectivity index is 0. The molecule has 1 rings (SSSR count). The number of rotatable bonds is 9. The van der Waals surface area contributed by atoms with Crippen LogP contribution in [0.3, 0.4) is 0 Å². The number of hydrogen-bond donors (Lipinski definition) is 3. The van der Waals surface area contributed by atoms with E-state index < -0.39 is 11.4 Å². The summed E-state index contributed by atoms with van der Waals surface area (Å²) in [5.74, 6) is -0.671. The highest BCUT2D eigenvalue weighted by Crippen LogP contribution is 2.26. The zero-order chi connectivity index (χ0) is 21.1. The zero-order valence-corrected chi connectivity index (χ0v) is 16.8. The summed E-state index contributed by atoms with van der Waals surface area (Å²) in [6, 6.07) is 8.85. The van der Waals surface area contributed by atoms with Crippen LogP contribution >= 0.6 is 0 Å². The van der Waals surface area contributed by atoms with Gasteiger partial charge in [-0.05, 0) is 52.7 Å². The standard InChI is InChI=1S/C14H18O4.C4H10O.C2H6O2/c1-14(2,10-6-9-12(15)16)13(17)18-11-7-4-3-5-8-11;1-3-5-4-2;3-1-2-4/h3-5,7-8H,6,9-10H2,1-2H3,(H,15,16);3-4H2,1-2H3;3-4H,1-2H2. The van der Waals surface area contributed by atoms with Crippen molar-refractivity contribution in [1.82, 2.24) is 0 Å². The average molecular weight is 386 g/mol. The molecule has 27 heavy (non-hydrogen) atoms. The number of carbonyl (C=O) groups excluding carboxylic acids is 1. The second-order valence-electron chi connectivity index (χ2n) is 6.06. The first-order valence-corrected chi connectivity index (χ1v) is 9.03. The van der Waals surface area contributed by atoms with Crippen LogP contribution in [0.25, 0.3) is 0 Å². The van der Waals surface area contributed by atoms with Gasteiger partial charge >= 0.3 is 11.9 Å². The maximum atomic E-state index is 11.9. The number of esters is 1. The van der Waals surface area contributed by atoms with E-state index in [1.165, 1.54) is 0 Å². The van der Waals surface area contributed by atoms with Gasteiger partial charge < -0.3 is 24.8 Å². The summed E-state index contributed by atoms with van der Waals surface area (Å²) < 4.78 is 10.1. The molecule has 0 aliphatic rings. The molecule has 0 aliphatic carbocycles. The lowest BCUT2D eigenvalue weighted by Gasteiger charge is -2.21. The molecule has 0 saturated carbocycles. The van der Waals surface area contributed by atoms with Crippen molar-refractivity contribution in [2.75, 3.05) is 26.4 Å². The molecule has 0 atom stereocenters. The third kappa shape index (κ3) is 17.2. The number of para-hydroxylation sites is 1. The normalized spacial score (nSPS) is 10.0. The predicted molar refractivity (Wildman–Crippen MR) is 104 cm³/mol. The number of aliphatic carboxylic acids is 1. The Kier molecular flexibility index (Phi) is 17.6. The first-order valence-electron chi connectivity index (χ1n) is 9.03. The molecule has 1 aromatic carbocycles. The van der Waals surface area contributed by atoms with Crippen molar-refractivity contribution < 1.29 is 34.4 Å². The van der Waals surface area contributed by atoms with E-state index in [9.17, 15) is 9.59 Å². The highest BCUT2D eigenvalue weighted by molar-refractivity contribution is 5.78. The van der Waals surface area contributed by atoms with Crippen LogP contribution in [0.2, 0.25) is 0 Å². The SMILES string of the molecule is CC(C)(CCCC(=O)O)C(=O)Oc1ccccc1.CCOCC.OCCO. The van der Waals surface area contributed by atoms with Gasteiger partial charge in [0.2, 0.25) is 0 Å². The molecule has 156 valence electrons. The molecule has 0 radical (unpaired) electrons. The fourth-order valence-electron chi connectivity index (χ4n) is 1.72. The number of ether oxygens (including phenoxy) is 2. The molecule has 0 aromatic heterocycles. The molecule has 0 saturated heterocycles. The molecular weight excluding hydrogens is 352 g/mol. The Bertz CT molecular complexity index is 482. The van der Waals surface area contributed by atoms with E-state index in [0.29, 0.717) is 18.6 Å². The molecule has 0 amide bonds. The first-order chi connectivity index (χ1) is 12.7. The molecule has 3 N–H and O–H groups in total. The van der Waals surface area contributed by atoms with Crippen molar-refractivity contribution in [3.8, 4) is 5.75 Å². The fraction of sp³-hybridized carbons (Fsp3) is 0.600. The van der Waals surface area contributed by atoms with Gasteiger partial charge in [-0.1, -0.05) is 18.2 Å². The van der Waals surface area contributed by atoms with Crippen LogP contribution in [-0.2, 0) is 14.3 Å². The van der Waals surface area contributed by atoms with Gasteiger partial charge in [0.25, 0.3) is 0 Å². The molecular formula is C20H34O7. The molecule has 1 aromatic rings. The maximum Gasteiger partial charge on any atom is 0.316 e. The first kappa shape index (κ1) is 27.3. The number of hydrogen-bond acceptors (Lipinski definition) is 6. The van der Waals surface area contributed by atoms with E-state index in [1.54, 1.807) is 38.1 Å². The minimum absolute atomic E-state index is 0.0715. The summed E-state index contributed by atoms with van der Waals surface area (Å²) in [4.78, 5) is 22.4. The van der Waals surface area contributed by atoms with Crippen LogP contribution in [0.5, 0.6) is 5.75 Å². The monoisotopic (exact) mass is 386 g/mol. The van der Waals surface area contributed by atoms with Gasteiger partial charge in [-0.2, -0.15) is 0 Å². The van der Waals surface area contributed by atoms with E-state index in [-0.39, 0.29) is 25.6 Å². The third-order valence-corrected chi connectivity index (χ3v) is 3.21. The van der Waals surface area contributed by atoms with E-state index in [1.807, 2.05) is 19.9 Å². The quantitative estimate of drug-likeness (QED) is 0.442. The van der Waals surface area contributed by atoms with Crippen LogP contribution < -0.4 is 4.74 Å². The Labute approximate surface area is 161 Å². The Morgan fingerprint density at radius 1 is 1.00 bits per heavy atom. The minimum atomic E-state index is -0.845. The molecule has 0 fully saturated rings. The van der Waals surface area contributed by atoms with Crippen LogP contribution in [0.15, 0.2) is 30.3 Å². The van der Waals surface area contributed by atoms with Gasteiger partial charge in [0.15, 0.2) is 0 Å². The summed E-state index contributed by atoms with van der Waals surface area (Å²) in [5.41, 5.74) is -0.675. The Hall–Kier alpha value is -1.96. The number of carboxylic acid groups (broad SMARTS) is 1. The number of carbonyl (C=O) groups is 2. The molecule has 0 spiro atoms. The van der Waals surface area contributed by atoms with Crippen molar-refractivity contribution in [1.29, 1.82) is 0 Å². The van der Waals surface area contributed by atoms with Crippen molar-refractivity contribution in [2.24, 2.45) is 5.41 Å². The zero-order valence-electron chi connectivity index (χ0n) is 16.8. The Morgan fingerprint density at radius 2 is 1.52 bits per heavy atom. The minimum Gasteiger partial charge on any atom is -0.481 e. The smallest absolute Gasteiger partial charge is 0.316 e. The molecule has 0 bridgehead atoms. The summed E-state index contributed by atoms with van der Waals surface area (Å²) >= 11 is 0. The van der Waals surface area contributed by atoms with E-state index in [4.69, 9.17) is 24.8 Å². The van der Waals surface area contributed by atoms with Gasteiger partial charge in [-0.15, -0.1) is 0 Å². The topological polar surface area (TPSA) is 113 Å². The summed E-state index contributed by atoms with van der Waals surface area (Å²) in [7, 11) is 0. The largest absolute Gasteiger partial charge is 0.481 e. The average Bonchev–Trinajstić information content (AvgIpc) is 2.63. The van der Waals surface area contributed by atoms with Gasteiger partial charge in [-0.3, -0.25) is 9.59 Å². The van der Waals surface area contributed by atoms with Gasteiger partial charge in [0.1, 0.15) is 5.75 Å². The number of aliphatic hydroxyl groups excluding tert-OH is 2. The van der Waals surface area contributed by atoms with E-state index >= 15 is 0 Å². The number of carboxylic acids is 1. The molecule has 0 heterocycles. The second-order valence-corrected chi connectivity index (χ2v) is 6.06. The predicted octanol–water partition coefficient (Wildman–Crippen LogP) is 2.89. The van der Waals surface area contributed by atoms with Crippen LogP contribution in [0, 0.1) is 5.41 Å². The lowest BCUT2D eigenvalue weighted by Crippen LogP contribution is -2.29. The van der Waals surface area contributed by atoms with E-state index in [2.05, 4.69) is 0 Å². The van der Waals surface area contributed by atoms with Crippen molar-refractivity contribution >= 4 is 11.9 Å². The van der Waals surface area contributed by atoms with E-state index in [0.717, 1.165) is 13.2 Å². The molecule has 7 nitrogen and oxygen atoms in total. The third-order valence-electron chi connectivity index (χ3n) is 3.21. The number of benzene rings is 1. The number of aliphatic hydroxyl groups is 2. The lowest BCUT2D eigenvalue weighted by molar-refractivity contribution is -0.145. The van der Waals surface area contributed by atoms with Crippen LogP contribution in [-0.4, -0.2) is 53.7 Å². The van der Waals surface area contributed by atoms with Crippen molar-refractivity contribution in [2.45, 2.75) is 47.0 Å². The highest BCUT2D eigenvalue weighted by atomic mass is 16.5. The Morgan fingerprint density at radius 3 is 1.89 bits per heavy atom. The lowest BCUT2D eigenvalue weighted by atomic mass is 9.87. The van der Waals surface area contributed by atoms with Gasteiger partial charge in [0, 0.05) is 19.6 Å². The van der Waals surface area contributed by atoms with Gasteiger partial charge in [-0.25, -0.2) is 0 Å². The van der Waals surface area contributed by atoms with Crippen LogP contribution in [0.1, 0.15) is 47.0 Å². The van der Waals surface area contributed by atoms with Crippen LogP contribution in [0.4, 0.5) is 0 Å². The molecule has 0 aliphatic heterocycles. The van der Waals surface area contributed by atoms with Gasteiger partial charge in [0.05, 0.1) is 18.6 Å². The summed E-state index contributed by atoms with van der Waals surface area (Å²) in [6.45, 7) is 8.94. The summed E-state index contributed by atoms with van der Waals surface area (Å²) in [6.07, 6.45) is 1.03. The molecule has 0 unspecified atom stereocenters. The maximum absolute atomic E-state index is 11.9. The van der Waals surface area contributed by atoms with Crippen molar-refractivity contribution in [3.63, 3.8) is 0 Å².